The quantitative estimate of drug-likeness (QED) is 0.739. The standard InChI is InChI=1S/C18H19ClN2O3S/c1-24-16-4-2-3-13(9-16)10-20-17(22)11-25-12-18(23)21-15-7-5-14(19)6-8-15/h2-9H,10-12H2,1H3,(H,20,22)(H,21,23). The minimum absolute atomic E-state index is 0.118. The van der Waals surface area contributed by atoms with Crippen LogP contribution in [0.2, 0.25) is 5.02 Å². The number of ether oxygens (including phenoxy) is 1. The van der Waals surface area contributed by atoms with Crippen LogP contribution in [0.3, 0.4) is 0 Å². The van der Waals surface area contributed by atoms with Crippen LogP contribution < -0.4 is 15.4 Å². The van der Waals surface area contributed by atoms with Crippen molar-refractivity contribution < 1.29 is 14.3 Å². The highest BCUT2D eigenvalue weighted by molar-refractivity contribution is 8.00. The number of benzene rings is 2. The van der Waals surface area contributed by atoms with E-state index in [2.05, 4.69) is 10.6 Å². The van der Waals surface area contributed by atoms with Crippen LogP contribution >= 0.6 is 23.4 Å². The predicted molar refractivity (Wildman–Crippen MR) is 102 cm³/mol. The Balaban J connectivity index is 1.66. The van der Waals surface area contributed by atoms with Crippen molar-refractivity contribution in [1.82, 2.24) is 5.32 Å². The largest absolute Gasteiger partial charge is 0.497 e. The zero-order valence-corrected chi connectivity index (χ0v) is 15.3. The molecule has 5 nitrogen and oxygen atoms in total. The molecule has 0 saturated carbocycles. The van der Waals surface area contributed by atoms with E-state index in [9.17, 15) is 9.59 Å². The summed E-state index contributed by atoms with van der Waals surface area (Å²) in [5, 5.41) is 6.18. The molecule has 2 N–H and O–H groups in total. The molecule has 0 saturated heterocycles. The summed E-state index contributed by atoms with van der Waals surface area (Å²) in [7, 11) is 1.60. The number of carbonyl (C=O) groups is 2. The van der Waals surface area contributed by atoms with Gasteiger partial charge in [0.2, 0.25) is 11.8 Å². The molecule has 0 heterocycles. The summed E-state index contributed by atoms with van der Waals surface area (Å²) >= 11 is 7.05. The molecule has 0 atom stereocenters. The minimum Gasteiger partial charge on any atom is -0.497 e. The maximum Gasteiger partial charge on any atom is 0.234 e. The number of hydrogen-bond acceptors (Lipinski definition) is 4. The Hall–Kier alpha value is -2.18. The van der Waals surface area contributed by atoms with Gasteiger partial charge in [0.15, 0.2) is 0 Å². The Bertz CT molecular complexity index is 723. The summed E-state index contributed by atoms with van der Waals surface area (Å²) in [4.78, 5) is 23.7. The van der Waals surface area contributed by atoms with E-state index >= 15 is 0 Å². The van der Waals surface area contributed by atoms with Gasteiger partial charge < -0.3 is 15.4 Å². The SMILES string of the molecule is COc1cccc(CNC(=O)CSCC(=O)Nc2ccc(Cl)cc2)c1. The van der Waals surface area contributed by atoms with Gasteiger partial charge in [-0.1, -0.05) is 23.7 Å². The van der Waals surface area contributed by atoms with Gasteiger partial charge in [-0.25, -0.2) is 0 Å². The highest BCUT2D eigenvalue weighted by Crippen LogP contribution is 2.14. The van der Waals surface area contributed by atoms with Gasteiger partial charge in [-0.15, -0.1) is 11.8 Å². The summed E-state index contributed by atoms with van der Waals surface area (Å²) in [5.74, 6) is 0.896. The first-order chi connectivity index (χ1) is 12.1. The smallest absolute Gasteiger partial charge is 0.234 e. The second kappa shape index (κ2) is 9.96. The third kappa shape index (κ3) is 7.07. The average Bonchev–Trinajstić information content (AvgIpc) is 2.62. The zero-order valence-electron chi connectivity index (χ0n) is 13.8. The summed E-state index contributed by atoms with van der Waals surface area (Å²) in [6, 6.07) is 14.4. The first-order valence-electron chi connectivity index (χ1n) is 7.59. The molecule has 0 radical (unpaired) electrons. The summed E-state index contributed by atoms with van der Waals surface area (Å²) in [6.45, 7) is 0.424. The molecule has 0 bridgehead atoms. The zero-order chi connectivity index (χ0) is 18.1. The molecule has 2 aromatic rings. The van der Waals surface area contributed by atoms with Crippen molar-refractivity contribution in [3.63, 3.8) is 0 Å². The van der Waals surface area contributed by atoms with Crippen LogP contribution in [0.5, 0.6) is 5.75 Å². The van der Waals surface area contributed by atoms with Crippen molar-refractivity contribution in [3.05, 3.63) is 59.1 Å². The van der Waals surface area contributed by atoms with Gasteiger partial charge in [-0.3, -0.25) is 9.59 Å². The van der Waals surface area contributed by atoms with Crippen molar-refractivity contribution in [2.24, 2.45) is 0 Å². The van der Waals surface area contributed by atoms with Crippen molar-refractivity contribution in [2.75, 3.05) is 23.9 Å². The molecule has 7 heteroatoms. The lowest BCUT2D eigenvalue weighted by atomic mass is 10.2. The fourth-order valence-electron chi connectivity index (χ4n) is 2.00. The number of thioether (sulfide) groups is 1. The Labute approximate surface area is 156 Å². The van der Waals surface area contributed by atoms with E-state index in [0.29, 0.717) is 17.3 Å². The first kappa shape index (κ1) is 19.1. The van der Waals surface area contributed by atoms with Crippen molar-refractivity contribution in [1.29, 1.82) is 0 Å². The lowest BCUT2D eigenvalue weighted by Gasteiger charge is -2.07. The van der Waals surface area contributed by atoms with Crippen LogP contribution in [0.15, 0.2) is 48.5 Å². The van der Waals surface area contributed by atoms with Gasteiger partial charge in [-0.2, -0.15) is 0 Å². The number of amides is 2. The van der Waals surface area contributed by atoms with E-state index in [0.717, 1.165) is 11.3 Å². The number of carbonyl (C=O) groups excluding carboxylic acids is 2. The molecule has 0 aliphatic rings. The van der Waals surface area contributed by atoms with Crippen LogP contribution in [-0.2, 0) is 16.1 Å². The molecule has 0 spiro atoms. The number of halogens is 1. The number of methoxy groups -OCH3 is 1. The van der Waals surface area contributed by atoms with Crippen molar-refractivity contribution >= 4 is 40.9 Å². The highest BCUT2D eigenvalue weighted by Gasteiger charge is 2.06. The van der Waals surface area contributed by atoms with Crippen LogP contribution in [0.25, 0.3) is 0 Å². The Morgan fingerprint density at radius 2 is 1.80 bits per heavy atom. The predicted octanol–water partition coefficient (Wildman–Crippen LogP) is 3.34. The third-order valence-electron chi connectivity index (χ3n) is 3.22. The van der Waals surface area contributed by atoms with Crippen molar-refractivity contribution in [2.45, 2.75) is 6.54 Å². The monoisotopic (exact) mass is 378 g/mol. The Morgan fingerprint density at radius 1 is 1.08 bits per heavy atom. The molecule has 2 aromatic carbocycles. The maximum atomic E-state index is 11.8. The molecule has 0 unspecified atom stereocenters. The molecular weight excluding hydrogens is 360 g/mol. The van der Waals surface area contributed by atoms with Gasteiger partial charge in [-0.05, 0) is 42.0 Å². The minimum atomic E-state index is -0.159. The van der Waals surface area contributed by atoms with Crippen LogP contribution in [0.1, 0.15) is 5.56 Å². The average molecular weight is 379 g/mol. The summed E-state index contributed by atoms with van der Waals surface area (Å²) < 4.78 is 5.14. The normalized spacial score (nSPS) is 10.2. The number of nitrogens with one attached hydrogen (secondary N) is 2. The maximum absolute atomic E-state index is 11.8. The van der Waals surface area contributed by atoms with E-state index in [1.54, 1.807) is 31.4 Å². The van der Waals surface area contributed by atoms with Gasteiger partial charge in [0, 0.05) is 17.3 Å². The van der Waals surface area contributed by atoms with Gasteiger partial charge in [0.25, 0.3) is 0 Å². The van der Waals surface area contributed by atoms with Crippen LogP contribution in [-0.4, -0.2) is 30.4 Å². The number of rotatable bonds is 8. The second-order valence-corrected chi connectivity index (χ2v) is 6.60. The lowest BCUT2D eigenvalue weighted by Crippen LogP contribution is -2.25. The van der Waals surface area contributed by atoms with E-state index < -0.39 is 0 Å². The fourth-order valence-corrected chi connectivity index (χ4v) is 2.77. The summed E-state index contributed by atoms with van der Waals surface area (Å²) in [6.07, 6.45) is 0. The van der Waals surface area contributed by atoms with Crippen molar-refractivity contribution in [3.8, 4) is 5.75 Å². The molecule has 132 valence electrons. The molecule has 0 aliphatic heterocycles. The summed E-state index contributed by atoms with van der Waals surface area (Å²) in [5.41, 5.74) is 1.63. The van der Waals surface area contributed by atoms with Gasteiger partial charge >= 0.3 is 0 Å². The molecule has 25 heavy (non-hydrogen) atoms. The van der Waals surface area contributed by atoms with E-state index in [-0.39, 0.29) is 23.3 Å². The number of hydrogen-bond donors (Lipinski definition) is 2. The third-order valence-corrected chi connectivity index (χ3v) is 4.40. The lowest BCUT2D eigenvalue weighted by molar-refractivity contribution is -0.118. The molecule has 0 aromatic heterocycles. The Kier molecular flexibility index (Phi) is 7.63. The second-order valence-electron chi connectivity index (χ2n) is 5.18. The van der Waals surface area contributed by atoms with Crippen LogP contribution in [0.4, 0.5) is 5.69 Å². The molecule has 2 amide bonds. The number of anilines is 1. The van der Waals surface area contributed by atoms with E-state index in [4.69, 9.17) is 16.3 Å². The molecular formula is C18H19ClN2O3S. The molecule has 0 fully saturated rings. The molecule has 2 rings (SSSR count). The fraction of sp³-hybridized carbons (Fsp3) is 0.222. The van der Waals surface area contributed by atoms with Crippen LogP contribution in [0, 0.1) is 0 Å². The Morgan fingerprint density at radius 3 is 2.52 bits per heavy atom. The molecule has 0 aliphatic carbocycles. The topological polar surface area (TPSA) is 67.4 Å². The van der Waals surface area contributed by atoms with E-state index in [1.807, 2.05) is 24.3 Å². The highest BCUT2D eigenvalue weighted by atomic mass is 35.5. The van der Waals surface area contributed by atoms with Gasteiger partial charge in [0.1, 0.15) is 5.75 Å². The van der Waals surface area contributed by atoms with E-state index in [1.165, 1.54) is 11.8 Å². The first-order valence-corrected chi connectivity index (χ1v) is 9.13. The van der Waals surface area contributed by atoms with Gasteiger partial charge in [0.05, 0.1) is 18.6 Å².